The molecular formula is C19H21F3N2O3S. The predicted molar refractivity (Wildman–Crippen MR) is 99.9 cm³/mol. The van der Waals surface area contributed by atoms with Crippen LogP contribution in [-0.2, 0) is 16.5 Å². The van der Waals surface area contributed by atoms with E-state index in [2.05, 4.69) is 79.6 Å². The summed E-state index contributed by atoms with van der Waals surface area (Å²) < 4.78 is 58.9. The van der Waals surface area contributed by atoms with Crippen LogP contribution in [0.2, 0.25) is 0 Å². The van der Waals surface area contributed by atoms with Crippen LogP contribution >= 0.6 is 0 Å². The van der Waals surface area contributed by atoms with Crippen molar-refractivity contribution >= 4 is 21.6 Å². The van der Waals surface area contributed by atoms with Crippen molar-refractivity contribution in [2.75, 3.05) is 5.32 Å². The Hall–Kier alpha value is -2.39. The molecule has 0 atom stereocenters. The first kappa shape index (κ1) is 21.9. The van der Waals surface area contributed by atoms with Crippen LogP contribution in [0.5, 0.6) is 0 Å². The number of hydrogen-bond donors (Lipinski definition) is 2. The van der Waals surface area contributed by atoms with E-state index >= 15 is 0 Å². The highest BCUT2D eigenvalue weighted by molar-refractivity contribution is 7.86. The van der Waals surface area contributed by atoms with Crippen LogP contribution in [-0.4, -0.2) is 29.9 Å². The van der Waals surface area contributed by atoms with Gasteiger partial charge in [-0.3, -0.25) is 4.99 Å². The van der Waals surface area contributed by atoms with Gasteiger partial charge in [0.05, 0.1) is 5.56 Å². The molecule has 1 aliphatic rings. The van der Waals surface area contributed by atoms with Gasteiger partial charge >= 0.3 is 5.51 Å². The van der Waals surface area contributed by atoms with Crippen LogP contribution in [0, 0.1) is 6.92 Å². The summed E-state index contributed by atoms with van der Waals surface area (Å²) >= 11 is 0. The van der Waals surface area contributed by atoms with Crippen molar-refractivity contribution in [1.82, 2.24) is 0 Å². The Kier molecular flexibility index (Phi) is 6.20. The molecule has 0 unspecified atom stereocenters. The van der Waals surface area contributed by atoms with Crippen molar-refractivity contribution in [3.8, 4) is 0 Å². The van der Waals surface area contributed by atoms with E-state index in [1.54, 1.807) is 0 Å². The van der Waals surface area contributed by atoms with E-state index in [9.17, 15) is 13.2 Å². The fourth-order valence-electron chi connectivity index (χ4n) is 2.72. The van der Waals surface area contributed by atoms with Gasteiger partial charge in [0.2, 0.25) is 0 Å². The zero-order valence-electron chi connectivity index (χ0n) is 15.6. The average Bonchev–Trinajstić information content (AvgIpc) is 2.55. The van der Waals surface area contributed by atoms with Gasteiger partial charge in [-0.15, -0.1) is 0 Å². The summed E-state index contributed by atoms with van der Waals surface area (Å²) in [6, 6.07) is 17.1. The Balaban J connectivity index is 0.000000300. The molecule has 152 valence electrons. The number of fused-ring (bicyclic) bond motifs is 1. The van der Waals surface area contributed by atoms with Gasteiger partial charge in [-0.2, -0.15) is 13.2 Å². The zero-order chi connectivity index (χ0) is 21.2. The molecule has 1 heterocycles. The van der Waals surface area contributed by atoms with Crippen molar-refractivity contribution in [3.05, 3.63) is 65.2 Å². The number of nitrogens with one attached hydrogen (secondary N) is 2. The molecule has 1 aliphatic heterocycles. The van der Waals surface area contributed by atoms with Crippen molar-refractivity contribution < 1.29 is 31.1 Å². The van der Waals surface area contributed by atoms with Crippen molar-refractivity contribution in [3.63, 3.8) is 0 Å². The fraction of sp³-hybridized carbons (Fsp3) is 0.316. The van der Waals surface area contributed by atoms with Crippen LogP contribution in [0.15, 0.2) is 48.5 Å². The minimum absolute atomic E-state index is 0.0708. The van der Waals surface area contributed by atoms with E-state index in [-0.39, 0.29) is 5.54 Å². The smallest absolute Gasteiger partial charge is 0.485 e. The van der Waals surface area contributed by atoms with Gasteiger partial charge in [-0.1, -0.05) is 35.9 Å². The van der Waals surface area contributed by atoms with E-state index < -0.39 is 15.6 Å². The normalized spacial score (nSPS) is 15.6. The number of halogens is 3. The molecule has 28 heavy (non-hydrogen) atoms. The molecule has 5 nitrogen and oxygen atoms in total. The number of alkyl halides is 3. The Bertz CT molecular complexity index is 967. The molecule has 0 aliphatic carbocycles. The number of hydrogen-bond acceptors (Lipinski definition) is 4. The van der Waals surface area contributed by atoms with Crippen LogP contribution in [0.25, 0.3) is 0 Å². The lowest BCUT2D eigenvalue weighted by Crippen LogP contribution is -2.89. The van der Waals surface area contributed by atoms with Gasteiger partial charge in [0, 0.05) is 6.42 Å². The second-order valence-electron chi connectivity index (χ2n) is 7.11. The highest BCUT2D eigenvalue weighted by Crippen LogP contribution is 2.20. The molecule has 0 aromatic heterocycles. The Labute approximate surface area is 162 Å². The molecule has 2 aromatic rings. The predicted octanol–water partition coefficient (Wildman–Crippen LogP) is 2.32. The van der Waals surface area contributed by atoms with Crippen LogP contribution in [0.1, 0.15) is 30.5 Å². The van der Waals surface area contributed by atoms with Crippen LogP contribution < -0.4 is 10.3 Å². The van der Waals surface area contributed by atoms with Crippen LogP contribution in [0.3, 0.4) is 0 Å². The first-order valence-electron chi connectivity index (χ1n) is 8.38. The summed E-state index contributed by atoms with van der Waals surface area (Å²) in [6.07, 6.45) is 1.04. The molecule has 0 amide bonds. The Morgan fingerprint density at radius 2 is 1.61 bits per heavy atom. The van der Waals surface area contributed by atoms with Crippen molar-refractivity contribution in [1.29, 1.82) is 0 Å². The number of rotatable bonds is 1. The molecule has 3 rings (SSSR count). The summed E-state index contributed by atoms with van der Waals surface area (Å²) in [4.78, 5) is 3.62. The van der Waals surface area contributed by atoms with Crippen molar-refractivity contribution in [2.24, 2.45) is 0 Å². The summed E-state index contributed by atoms with van der Waals surface area (Å²) in [7, 11) is -6.09. The van der Waals surface area contributed by atoms with Gasteiger partial charge in [-0.05, 0) is 44.5 Å². The monoisotopic (exact) mass is 414 g/mol. The molecule has 2 aromatic carbocycles. The third kappa shape index (κ3) is 5.80. The molecular weight excluding hydrogens is 393 g/mol. The Morgan fingerprint density at radius 3 is 2.14 bits per heavy atom. The summed E-state index contributed by atoms with van der Waals surface area (Å²) in [6.45, 7) is 6.58. The maximum absolute atomic E-state index is 10.7. The van der Waals surface area contributed by atoms with Gasteiger partial charge < -0.3 is 4.55 Å². The maximum atomic E-state index is 10.7. The molecule has 0 saturated heterocycles. The number of aryl methyl sites for hydroxylation is 1. The van der Waals surface area contributed by atoms with Crippen LogP contribution in [0.4, 0.5) is 18.9 Å². The molecule has 9 heteroatoms. The Morgan fingerprint density at radius 1 is 1.07 bits per heavy atom. The van der Waals surface area contributed by atoms with Gasteiger partial charge in [0.1, 0.15) is 11.2 Å². The highest BCUT2D eigenvalue weighted by atomic mass is 32.2. The number of anilines is 1. The summed E-state index contributed by atoms with van der Waals surface area (Å²) in [5.41, 5.74) is -0.518. The van der Waals surface area contributed by atoms with Gasteiger partial charge in [-0.25, -0.2) is 13.7 Å². The lowest BCUT2D eigenvalue weighted by molar-refractivity contribution is -0.545. The summed E-state index contributed by atoms with van der Waals surface area (Å²) in [5.74, 6) is 1.10. The van der Waals surface area contributed by atoms with E-state index in [0.717, 1.165) is 17.9 Å². The largest absolute Gasteiger partial charge is 0.741 e. The van der Waals surface area contributed by atoms with Gasteiger partial charge in [0.25, 0.3) is 5.84 Å². The number of amidine groups is 1. The van der Waals surface area contributed by atoms with E-state index in [1.165, 1.54) is 16.7 Å². The third-order valence-electron chi connectivity index (χ3n) is 3.99. The maximum Gasteiger partial charge on any atom is 0.485 e. The lowest BCUT2D eigenvalue weighted by Gasteiger charge is -2.25. The van der Waals surface area contributed by atoms with E-state index in [4.69, 9.17) is 13.0 Å². The molecule has 0 spiro atoms. The van der Waals surface area contributed by atoms with Gasteiger partial charge in [0.15, 0.2) is 10.1 Å². The third-order valence-corrected chi connectivity index (χ3v) is 4.55. The van der Waals surface area contributed by atoms with E-state index in [0.29, 0.717) is 0 Å². The first-order valence-corrected chi connectivity index (χ1v) is 9.79. The second-order valence-corrected chi connectivity index (χ2v) is 8.48. The molecule has 0 saturated carbocycles. The molecule has 0 radical (unpaired) electrons. The molecule has 2 N–H and O–H groups in total. The number of benzene rings is 2. The lowest BCUT2D eigenvalue weighted by atomic mass is 9.89. The first-order chi connectivity index (χ1) is 12.8. The average molecular weight is 414 g/mol. The SMILES string of the molecule is Cc1ccc(NC2=[NH+]C(C)(C)Cc3ccccc32)cc1.O=S(=O)([O-])C(F)(F)F. The minimum atomic E-state index is -6.09. The standard InChI is InChI=1S/C18H20N2.CHF3O3S/c1-13-8-10-15(11-9-13)19-17-16-7-5-4-6-14(16)12-18(2,3)20-17;2-1(3,4)8(5,6)7/h4-11H,12H2,1-3H3,(H,19,20);(H,5,6,7). The van der Waals surface area contributed by atoms with E-state index in [1.807, 2.05) is 0 Å². The topological polar surface area (TPSA) is 83.2 Å². The van der Waals surface area contributed by atoms with Crippen molar-refractivity contribution in [2.45, 2.75) is 38.2 Å². The highest BCUT2D eigenvalue weighted by Gasteiger charge is 2.37. The zero-order valence-corrected chi connectivity index (χ0v) is 16.4. The second kappa shape index (κ2) is 7.92. The minimum Gasteiger partial charge on any atom is -0.741 e. The summed E-state index contributed by atoms with van der Waals surface area (Å²) in [5, 5.41) is 3.53. The fourth-order valence-corrected chi connectivity index (χ4v) is 2.72. The quantitative estimate of drug-likeness (QED) is 0.554. The molecule has 0 bridgehead atoms. The molecule has 0 fully saturated rings.